The molecule has 21 heavy (non-hydrogen) atoms. The third-order valence-corrected chi connectivity index (χ3v) is 4.04. The molecule has 0 aliphatic carbocycles. The first-order valence-electron chi connectivity index (χ1n) is 7.26. The van der Waals surface area contributed by atoms with Crippen LogP contribution in [-0.4, -0.2) is 15.7 Å². The maximum atomic E-state index is 12.6. The number of benzene rings is 1. The molecule has 112 valence electrons. The highest BCUT2D eigenvalue weighted by Crippen LogP contribution is 2.21. The van der Waals surface area contributed by atoms with Crippen molar-refractivity contribution in [1.29, 1.82) is 0 Å². The van der Waals surface area contributed by atoms with E-state index in [0.717, 1.165) is 24.2 Å². The van der Waals surface area contributed by atoms with Crippen molar-refractivity contribution >= 4 is 17.5 Å². The number of hydrogen-bond acceptors (Lipinski definition) is 2. The summed E-state index contributed by atoms with van der Waals surface area (Å²) in [5.41, 5.74) is 3.50. The van der Waals surface area contributed by atoms with Gasteiger partial charge in [-0.2, -0.15) is 5.10 Å². The van der Waals surface area contributed by atoms with Crippen molar-refractivity contribution in [2.75, 3.05) is 0 Å². The largest absolute Gasteiger partial charge is 0.279 e. The van der Waals surface area contributed by atoms with Gasteiger partial charge in [0.2, 0.25) is 0 Å². The fraction of sp³-hybridized carbons (Fsp3) is 0.412. The van der Waals surface area contributed by atoms with Gasteiger partial charge in [0.1, 0.15) is 0 Å². The van der Waals surface area contributed by atoms with Crippen molar-refractivity contribution in [2.24, 2.45) is 5.92 Å². The summed E-state index contributed by atoms with van der Waals surface area (Å²) in [6.45, 7) is 8.30. The van der Waals surface area contributed by atoms with Gasteiger partial charge < -0.3 is 0 Å². The molecule has 0 atom stereocenters. The van der Waals surface area contributed by atoms with Crippen LogP contribution in [0.1, 0.15) is 47.6 Å². The van der Waals surface area contributed by atoms with E-state index in [1.807, 2.05) is 26.0 Å². The fourth-order valence-corrected chi connectivity index (χ4v) is 2.63. The Hall–Kier alpha value is -1.61. The molecule has 0 aliphatic rings. The van der Waals surface area contributed by atoms with Crippen LogP contribution < -0.4 is 0 Å². The zero-order chi connectivity index (χ0) is 15.6. The van der Waals surface area contributed by atoms with Crippen LogP contribution in [-0.2, 0) is 6.42 Å². The summed E-state index contributed by atoms with van der Waals surface area (Å²) in [5.74, 6) is 0.461. The van der Waals surface area contributed by atoms with Crippen molar-refractivity contribution in [1.82, 2.24) is 9.78 Å². The second-order valence-electron chi connectivity index (χ2n) is 5.78. The van der Waals surface area contributed by atoms with Gasteiger partial charge in [-0.25, -0.2) is 4.68 Å². The number of hydrogen-bond donors (Lipinski definition) is 0. The molecule has 0 bridgehead atoms. The van der Waals surface area contributed by atoms with Crippen molar-refractivity contribution < 1.29 is 4.79 Å². The number of carbonyl (C=O) groups is 1. The molecule has 4 heteroatoms. The minimum absolute atomic E-state index is 0.169. The fourth-order valence-electron chi connectivity index (χ4n) is 2.42. The maximum Gasteiger partial charge on any atom is 0.279 e. The van der Waals surface area contributed by atoms with Crippen molar-refractivity contribution in [3.8, 4) is 0 Å². The lowest BCUT2D eigenvalue weighted by molar-refractivity contribution is 0.0942. The summed E-state index contributed by atoms with van der Waals surface area (Å²) in [6.07, 6.45) is 2.04. The SMILES string of the molecule is Cc1nn(C(=O)c2ccccc2Cl)c(C)c1CCC(C)C. The molecule has 0 aliphatic heterocycles. The zero-order valence-electron chi connectivity index (χ0n) is 13.0. The smallest absolute Gasteiger partial charge is 0.267 e. The molecule has 0 amide bonds. The predicted molar refractivity (Wildman–Crippen MR) is 86.0 cm³/mol. The molecular formula is C17H21ClN2O. The minimum Gasteiger partial charge on any atom is -0.267 e. The van der Waals surface area contributed by atoms with Crippen LogP contribution in [0.4, 0.5) is 0 Å². The second kappa shape index (κ2) is 6.44. The van der Waals surface area contributed by atoms with E-state index in [1.54, 1.807) is 12.1 Å². The summed E-state index contributed by atoms with van der Waals surface area (Å²) < 4.78 is 1.48. The van der Waals surface area contributed by atoms with E-state index in [0.29, 0.717) is 16.5 Å². The van der Waals surface area contributed by atoms with Gasteiger partial charge in [0.15, 0.2) is 0 Å². The third kappa shape index (κ3) is 3.35. The van der Waals surface area contributed by atoms with Crippen LogP contribution in [0.5, 0.6) is 0 Å². The molecule has 1 aromatic heterocycles. The van der Waals surface area contributed by atoms with Crippen molar-refractivity contribution in [3.05, 3.63) is 51.8 Å². The Balaban J connectivity index is 2.35. The summed E-state index contributed by atoms with van der Waals surface area (Å²) in [7, 11) is 0. The molecule has 0 fully saturated rings. The molecule has 0 saturated heterocycles. The Labute approximate surface area is 130 Å². The van der Waals surface area contributed by atoms with Gasteiger partial charge in [-0.15, -0.1) is 0 Å². The number of rotatable bonds is 4. The minimum atomic E-state index is -0.169. The molecule has 2 aromatic rings. The summed E-state index contributed by atoms with van der Waals surface area (Å²) in [6, 6.07) is 7.08. The Morgan fingerprint density at radius 2 is 1.95 bits per heavy atom. The van der Waals surface area contributed by atoms with Crippen LogP contribution >= 0.6 is 11.6 Å². The predicted octanol–water partition coefficient (Wildman–Crippen LogP) is 4.43. The van der Waals surface area contributed by atoms with Gasteiger partial charge in [0.05, 0.1) is 16.3 Å². The lowest BCUT2D eigenvalue weighted by Crippen LogP contribution is -2.16. The Morgan fingerprint density at radius 3 is 2.57 bits per heavy atom. The van der Waals surface area contributed by atoms with Crippen LogP contribution in [0.15, 0.2) is 24.3 Å². The lowest BCUT2D eigenvalue weighted by Gasteiger charge is -2.07. The zero-order valence-corrected chi connectivity index (χ0v) is 13.7. The van der Waals surface area contributed by atoms with Crippen LogP contribution in [0.3, 0.4) is 0 Å². The molecule has 0 unspecified atom stereocenters. The van der Waals surface area contributed by atoms with Gasteiger partial charge in [-0.3, -0.25) is 4.79 Å². The summed E-state index contributed by atoms with van der Waals surface area (Å²) in [4.78, 5) is 12.6. The van der Waals surface area contributed by atoms with E-state index in [2.05, 4.69) is 18.9 Å². The van der Waals surface area contributed by atoms with E-state index in [-0.39, 0.29) is 5.91 Å². The third-order valence-electron chi connectivity index (χ3n) is 3.71. The average Bonchev–Trinajstić information content (AvgIpc) is 2.71. The molecule has 1 aromatic carbocycles. The number of aromatic nitrogens is 2. The number of aryl methyl sites for hydroxylation is 1. The second-order valence-corrected chi connectivity index (χ2v) is 6.19. The van der Waals surface area contributed by atoms with Crippen molar-refractivity contribution in [2.45, 2.75) is 40.5 Å². The van der Waals surface area contributed by atoms with E-state index < -0.39 is 0 Å². The van der Waals surface area contributed by atoms with Crippen LogP contribution in [0.25, 0.3) is 0 Å². The number of carbonyl (C=O) groups excluding carboxylic acids is 1. The lowest BCUT2D eigenvalue weighted by atomic mass is 10.0. The van der Waals surface area contributed by atoms with Gasteiger partial charge in [-0.05, 0) is 50.3 Å². The Bertz CT molecular complexity index is 659. The number of halogens is 1. The van der Waals surface area contributed by atoms with Gasteiger partial charge >= 0.3 is 0 Å². The maximum absolute atomic E-state index is 12.6. The molecule has 0 saturated carbocycles. The van der Waals surface area contributed by atoms with E-state index in [4.69, 9.17) is 11.6 Å². The molecule has 0 spiro atoms. The first kappa shape index (κ1) is 15.8. The molecule has 3 nitrogen and oxygen atoms in total. The van der Waals surface area contributed by atoms with E-state index in [1.165, 1.54) is 10.2 Å². The van der Waals surface area contributed by atoms with Crippen LogP contribution in [0.2, 0.25) is 5.02 Å². The molecular weight excluding hydrogens is 284 g/mol. The van der Waals surface area contributed by atoms with Gasteiger partial charge in [0, 0.05) is 5.69 Å². The number of nitrogens with zero attached hydrogens (tertiary/aromatic N) is 2. The molecule has 1 heterocycles. The monoisotopic (exact) mass is 304 g/mol. The normalized spacial score (nSPS) is 11.1. The first-order valence-corrected chi connectivity index (χ1v) is 7.64. The molecule has 0 N–H and O–H groups in total. The highest BCUT2D eigenvalue weighted by molar-refractivity contribution is 6.33. The van der Waals surface area contributed by atoms with Gasteiger partial charge in [0.25, 0.3) is 5.91 Å². The quantitative estimate of drug-likeness (QED) is 0.837. The molecule has 2 rings (SSSR count). The highest BCUT2D eigenvalue weighted by atomic mass is 35.5. The van der Waals surface area contributed by atoms with Crippen LogP contribution in [0, 0.1) is 19.8 Å². The van der Waals surface area contributed by atoms with E-state index in [9.17, 15) is 4.79 Å². The Kier molecular flexibility index (Phi) is 4.84. The standard InChI is InChI=1S/C17H21ClN2O/c1-11(2)9-10-14-12(3)19-20(13(14)4)17(21)15-7-5-6-8-16(15)18/h5-8,11H,9-10H2,1-4H3. The topological polar surface area (TPSA) is 34.9 Å². The van der Waals surface area contributed by atoms with Crippen molar-refractivity contribution in [3.63, 3.8) is 0 Å². The summed E-state index contributed by atoms with van der Waals surface area (Å²) in [5, 5.41) is 4.87. The van der Waals surface area contributed by atoms with E-state index >= 15 is 0 Å². The Morgan fingerprint density at radius 1 is 1.29 bits per heavy atom. The highest BCUT2D eigenvalue weighted by Gasteiger charge is 2.19. The average molecular weight is 305 g/mol. The van der Waals surface area contributed by atoms with Gasteiger partial charge in [-0.1, -0.05) is 37.6 Å². The summed E-state index contributed by atoms with van der Waals surface area (Å²) >= 11 is 6.11. The first-order chi connectivity index (χ1) is 9.91. The molecule has 0 radical (unpaired) electrons.